The normalized spacial score (nSPS) is 27.9. The van der Waals surface area contributed by atoms with Crippen molar-refractivity contribution in [2.45, 2.75) is 75.5 Å². The van der Waals surface area contributed by atoms with Crippen LogP contribution in [0.2, 0.25) is 0 Å². The molecule has 2 saturated heterocycles. The van der Waals surface area contributed by atoms with Crippen molar-refractivity contribution in [3.63, 3.8) is 0 Å². The van der Waals surface area contributed by atoms with Gasteiger partial charge in [-0.05, 0) is 68.3 Å². The number of carbonyl (C=O) groups excluding carboxylic acids is 5. The molecule has 10 nitrogen and oxygen atoms in total. The molecular formula is C30H33N5O5S. The Morgan fingerprint density at radius 1 is 1.12 bits per heavy atom. The van der Waals surface area contributed by atoms with Crippen molar-refractivity contribution in [2.75, 3.05) is 6.54 Å². The molecular weight excluding hydrogens is 542 g/mol. The number of hydrogen-bond donors (Lipinski definition) is 3. The van der Waals surface area contributed by atoms with E-state index in [0.717, 1.165) is 49.0 Å². The number of fused-ring (bicyclic) bond motifs is 3. The summed E-state index contributed by atoms with van der Waals surface area (Å²) in [6.07, 6.45) is 7.62. The lowest BCUT2D eigenvalue weighted by Gasteiger charge is -2.38. The van der Waals surface area contributed by atoms with Gasteiger partial charge in [-0.2, -0.15) is 0 Å². The Morgan fingerprint density at radius 2 is 1.90 bits per heavy atom. The first-order valence-corrected chi connectivity index (χ1v) is 15.4. The van der Waals surface area contributed by atoms with Gasteiger partial charge in [0.1, 0.15) is 6.04 Å². The Morgan fingerprint density at radius 3 is 2.59 bits per heavy atom. The first-order chi connectivity index (χ1) is 19.8. The number of nitrogens with one attached hydrogen (secondary N) is 3. The summed E-state index contributed by atoms with van der Waals surface area (Å²) in [6.45, 7) is 0.503. The van der Waals surface area contributed by atoms with Gasteiger partial charge in [-0.1, -0.05) is 30.3 Å². The maximum absolute atomic E-state index is 14.0. The Kier molecular flexibility index (Phi) is 6.44. The fraction of sp³-hybridized carbons (Fsp3) is 0.533. The Hall–Kier alpha value is -3.60. The number of Topliss-reactive ketones (excluding diaryl/α,β-unsaturated/α-hetero) is 1. The molecule has 7 rings (SSSR count). The van der Waals surface area contributed by atoms with Crippen LogP contribution in [0.1, 0.15) is 61.2 Å². The highest BCUT2D eigenvalue weighted by atomic mass is 32.1. The quantitative estimate of drug-likeness (QED) is 0.392. The van der Waals surface area contributed by atoms with Crippen LogP contribution in [0.25, 0.3) is 10.4 Å². The van der Waals surface area contributed by atoms with Gasteiger partial charge in [0.25, 0.3) is 11.8 Å². The van der Waals surface area contributed by atoms with Crippen molar-refractivity contribution >= 4 is 40.7 Å². The molecule has 3 heterocycles. The molecule has 2 aliphatic heterocycles. The van der Waals surface area contributed by atoms with Crippen molar-refractivity contribution in [1.82, 2.24) is 25.8 Å². The van der Waals surface area contributed by atoms with Gasteiger partial charge in [0, 0.05) is 30.7 Å². The summed E-state index contributed by atoms with van der Waals surface area (Å²) in [5.74, 6) is -2.80. The Bertz CT molecular complexity index is 1420. The van der Waals surface area contributed by atoms with Gasteiger partial charge in [-0.3, -0.25) is 24.0 Å². The lowest BCUT2D eigenvalue weighted by atomic mass is 9.83. The lowest BCUT2D eigenvalue weighted by Crippen LogP contribution is -2.58. The molecule has 41 heavy (non-hydrogen) atoms. The SMILES string of the molecule is O=C(NC1CC1)C(=O)C(C[C@@H]1CCNC1=O)NC(=O)[C@@H]1[C@@H]2C[C@@H](CC23CC3)N1C(=O)c1ncc(-c2ccccc2)s1. The summed E-state index contributed by atoms with van der Waals surface area (Å²) < 4.78 is 0. The number of rotatable bonds is 9. The van der Waals surface area contributed by atoms with E-state index in [1.807, 2.05) is 30.3 Å². The second kappa shape index (κ2) is 10.0. The van der Waals surface area contributed by atoms with Gasteiger partial charge in [-0.15, -0.1) is 11.3 Å². The molecule has 214 valence electrons. The van der Waals surface area contributed by atoms with Crippen LogP contribution in [0.15, 0.2) is 36.5 Å². The van der Waals surface area contributed by atoms with E-state index in [1.54, 1.807) is 11.1 Å². The molecule has 0 radical (unpaired) electrons. The number of carbonyl (C=O) groups is 5. The molecule has 11 heteroatoms. The highest BCUT2D eigenvalue weighted by Gasteiger charge is 2.67. The van der Waals surface area contributed by atoms with Crippen molar-refractivity contribution in [1.29, 1.82) is 0 Å². The molecule has 5 fully saturated rings. The van der Waals surface area contributed by atoms with Crippen molar-refractivity contribution < 1.29 is 24.0 Å². The monoisotopic (exact) mass is 575 g/mol. The summed E-state index contributed by atoms with van der Waals surface area (Å²) in [7, 11) is 0. The lowest BCUT2D eigenvalue weighted by molar-refractivity contribution is -0.141. The van der Waals surface area contributed by atoms with Crippen LogP contribution < -0.4 is 16.0 Å². The highest BCUT2D eigenvalue weighted by molar-refractivity contribution is 7.17. The van der Waals surface area contributed by atoms with Gasteiger partial charge < -0.3 is 20.9 Å². The topological polar surface area (TPSA) is 138 Å². The Labute approximate surface area is 241 Å². The average molecular weight is 576 g/mol. The number of likely N-dealkylation sites (tertiary alicyclic amines) is 1. The van der Waals surface area contributed by atoms with Crippen LogP contribution in [0.4, 0.5) is 0 Å². The molecule has 5 atom stereocenters. The molecule has 1 spiro atoms. The van der Waals surface area contributed by atoms with E-state index in [-0.39, 0.29) is 41.7 Å². The van der Waals surface area contributed by atoms with E-state index in [2.05, 4.69) is 20.9 Å². The van der Waals surface area contributed by atoms with Crippen LogP contribution >= 0.6 is 11.3 Å². The van der Waals surface area contributed by atoms with Gasteiger partial charge in [0.2, 0.25) is 17.6 Å². The molecule has 4 amide bonds. The van der Waals surface area contributed by atoms with Crippen LogP contribution in [0, 0.1) is 17.3 Å². The largest absolute Gasteiger partial charge is 0.356 e. The zero-order chi connectivity index (χ0) is 28.3. The van der Waals surface area contributed by atoms with E-state index >= 15 is 0 Å². The number of ketones is 1. The first kappa shape index (κ1) is 26.3. The fourth-order valence-electron chi connectivity index (χ4n) is 7.19. The van der Waals surface area contributed by atoms with Crippen LogP contribution in [0.5, 0.6) is 0 Å². The minimum absolute atomic E-state index is 0.00386. The van der Waals surface area contributed by atoms with Gasteiger partial charge in [-0.25, -0.2) is 4.98 Å². The molecule has 5 aliphatic rings. The second-order valence-corrected chi connectivity index (χ2v) is 13.3. The van der Waals surface area contributed by atoms with E-state index in [4.69, 9.17) is 0 Å². The maximum atomic E-state index is 14.0. The minimum Gasteiger partial charge on any atom is -0.356 e. The zero-order valence-corrected chi connectivity index (χ0v) is 23.5. The number of amides is 4. The molecule has 2 aromatic rings. The molecule has 3 N–H and O–H groups in total. The van der Waals surface area contributed by atoms with Crippen molar-refractivity contribution in [3.8, 4) is 10.4 Å². The molecule has 3 saturated carbocycles. The summed E-state index contributed by atoms with van der Waals surface area (Å²) in [4.78, 5) is 73.3. The first-order valence-electron chi connectivity index (χ1n) is 14.6. The highest BCUT2D eigenvalue weighted by Crippen LogP contribution is 2.67. The molecule has 1 unspecified atom stereocenters. The number of nitrogens with zero attached hydrogens (tertiary/aromatic N) is 2. The molecule has 1 aromatic carbocycles. The second-order valence-electron chi connectivity index (χ2n) is 12.3. The summed E-state index contributed by atoms with van der Waals surface area (Å²) in [5.41, 5.74) is 1.04. The third kappa shape index (κ3) is 4.83. The molecule has 2 bridgehead atoms. The van der Waals surface area contributed by atoms with Crippen LogP contribution in [-0.2, 0) is 19.2 Å². The third-order valence-corrected chi connectivity index (χ3v) is 10.7. The smallest absolute Gasteiger partial charge is 0.289 e. The fourth-order valence-corrected chi connectivity index (χ4v) is 8.05. The van der Waals surface area contributed by atoms with Gasteiger partial charge in [0.05, 0.1) is 10.9 Å². The standard InChI is InChI=1S/C30H33N5O5S/c36-24(27(39)33-18-6-7-18)21(12-17-8-11-31-25(17)37)34-26(38)23-20-13-19(14-30(20)9-10-30)35(23)29(40)28-32-15-22(41-28)16-4-2-1-3-5-16/h1-5,15,17-21,23H,6-14H2,(H,31,37)(H,33,39)(H,34,38)/t17-,19-,20-,21?,23-/m0/s1. The zero-order valence-electron chi connectivity index (χ0n) is 22.6. The van der Waals surface area contributed by atoms with E-state index in [9.17, 15) is 24.0 Å². The van der Waals surface area contributed by atoms with Crippen molar-refractivity contribution in [2.24, 2.45) is 17.3 Å². The third-order valence-electron chi connectivity index (χ3n) is 9.62. The summed E-state index contributed by atoms with van der Waals surface area (Å²) >= 11 is 1.31. The van der Waals surface area contributed by atoms with Crippen LogP contribution in [0.3, 0.4) is 0 Å². The Balaban J connectivity index is 1.14. The number of thiazole rings is 1. The maximum Gasteiger partial charge on any atom is 0.289 e. The number of benzene rings is 1. The van der Waals surface area contributed by atoms with Gasteiger partial charge >= 0.3 is 0 Å². The van der Waals surface area contributed by atoms with E-state index in [0.29, 0.717) is 18.0 Å². The van der Waals surface area contributed by atoms with Crippen LogP contribution in [-0.4, -0.2) is 70.0 Å². The predicted octanol–water partition coefficient (Wildman–Crippen LogP) is 2.05. The van der Waals surface area contributed by atoms with E-state index in [1.165, 1.54) is 11.3 Å². The summed E-state index contributed by atoms with van der Waals surface area (Å²) in [6, 6.07) is 7.78. The molecule has 3 aliphatic carbocycles. The number of hydrogen-bond acceptors (Lipinski definition) is 7. The predicted molar refractivity (Wildman–Crippen MR) is 150 cm³/mol. The number of piperidine rings is 1. The summed E-state index contributed by atoms with van der Waals surface area (Å²) in [5, 5.41) is 8.67. The molecule has 1 aromatic heterocycles. The van der Waals surface area contributed by atoms with Crippen molar-refractivity contribution in [3.05, 3.63) is 41.5 Å². The van der Waals surface area contributed by atoms with E-state index < -0.39 is 35.6 Å². The van der Waals surface area contributed by atoms with Gasteiger partial charge in [0.15, 0.2) is 5.01 Å². The average Bonchev–Trinajstić information content (AvgIpc) is 3.71. The minimum atomic E-state index is -1.13. The number of aromatic nitrogens is 1.